The summed E-state index contributed by atoms with van der Waals surface area (Å²) in [5.41, 5.74) is -0.587. The Morgan fingerprint density at radius 3 is 2.57 bits per heavy atom. The van der Waals surface area contributed by atoms with Crippen LogP contribution in [-0.4, -0.2) is 49.2 Å². The number of carbonyl (C=O) groups excluding carboxylic acids is 2. The molecule has 1 heterocycles. The number of ether oxygens (including phenoxy) is 2. The zero-order valence-corrected chi connectivity index (χ0v) is 13.1. The largest absolute Gasteiger partial charge is 0.469 e. The molecule has 0 aromatic carbocycles. The first kappa shape index (κ1) is 17.7. The number of rotatable bonds is 5. The second-order valence-corrected chi connectivity index (χ2v) is 6.29. The lowest BCUT2D eigenvalue weighted by Crippen LogP contribution is -2.39. The van der Waals surface area contributed by atoms with Crippen molar-refractivity contribution in [3.05, 3.63) is 0 Å². The minimum atomic E-state index is -0.612. The molecular weight excluding hydrogens is 276 g/mol. The maximum atomic E-state index is 11.8. The summed E-state index contributed by atoms with van der Waals surface area (Å²) in [4.78, 5) is 23.4. The normalized spacial score (nSPS) is 23.5. The molecule has 21 heavy (non-hydrogen) atoms. The van der Waals surface area contributed by atoms with Crippen molar-refractivity contribution in [1.29, 1.82) is 0 Å². The Morgan fingerprint density at radius 2 is 2.10 bits per heavy atom. The molecule has 122 valence electrons. The van der Waals surface area contributed by atoms with E-state index < -0.39 is 29.8 Å². The Bertz CT molecular complexity index is 367. The Balaban J connectivity index is 2.50. The average molecular weight is 302 g/mol. The van der Waals surface area contributed by atoms with Crippen molar-refractivity contribution in [3.63, 3.8) is 0 Å². The number of nitrogens with one attached hydrogen (secondary N) is 2. The maximum absolute atomic E-state index is 11.8. The lowest BCUT2D eigenvalue weighted by atomic mass is 9.92. The Labute approximate surface area is 125 Å². The van der Waals surface area contributed by atoms with Crippen LogP contribution in [0.15, 0.2) is 0 Å². The molecule has 3 N–H and O–H groups in total. The van der Waals surface area contributed by atoms with Gasteiger partial charge in [-0.25, -0.2) is 4.79 Å². The highest BCUT2D eigenvalue weighted by molar-refractivity contribution is 5.74. The van der Waals surface area contributed by atoms with Crippen LogP contribution >= 0.6 is 0 Å². The molecule has 0 aromatic heterocycles. The van der Waals surface area contributed by atoms with Crippen molar-refractivity contribution in [2.24, 2.45) is 11.8 Å². The number of methoxy groups -OCH3 is 1. The lowest BCUT2D eigenvalue weighted by Gasteiger charge is -2.23. The summed E-state index contributed by atoms with van der Waals surface area (Å²) >= 11 is 0. The van der Waals surface area contributed by atoms with Crippen LogP contribution in [0.5, 0.6) is 0 Å². The maximum Gasteiger partial charge on any atom is 0.407 e. The van der Waals surface area contributed by atoms with Gasteiger partial charge < -0.3 is 19.9 Å². The van der Waals surface area contributed by atoms with Gasteiger partial charge in [0.15, 0.2) is 0 Å². The lowest BCUT2D eigenvalue weighted by molar-refractivity contribution is -0.146. The molecule has 1 rings (SSSR count). The van der Waals surface area contributed by atoms with Crippen molar-refractivity contribution < 1.29 is 24.2 Å². The van der Waals surface area contributed by atoms with Gasteiger partial charge in [-0.3, -0.25) is 10.1 Å². The average Bonchev–Trinajstić information content (AvgIpc) is 2.77. The van der Waals surface area contributed by atoms with Crippen LogP contribution in [0.25, 0.3) is 0 Å². The Kier molecular flexibility index (Phi) is 6.42. The van der Waals surface area contributed by atoms with Gasteiger partial charge >= 0.3 is 12.1 Å². The van der Waals surface area contributed by atoms with E-state index >= 15 is 0 Å². The molecule has 1 aliphatic heterocycles. The number of hydrogen-bond acceptors (Lipinski definition) is 6. The van der Waals surface area contributed by atoms with Crippen LogP contribution in [0.4, 0.5) is 4.79 Å². The zero-order chi connectivity index (χ0) is 16.0. The molecule has 0 radical (unpaired) electrons. The van der Waals surface area contributed by atoms with Crippen LogP contribution in [0.3, 0.4) is 0 Å². The fraction of sp³-hybridized carbons (Fsp3) is 0.857. The molecule has 1 amide bonds. The van der Waals surface area contributed by atoms with E-state index in [2.05, 4.69) is 10.6 Å². The van der Waals surface area contributed by atoms with Gasteiger partial charge in [-0.1, -0.05) is 0 Å². The van der Waals surface area contributed by atoms with Gasteiger partial charge in [-0.15, -0.1) is 0 Å². The topological polar surface area (TPSA) is 96.9 Å². The van der Waals surface area contributed by atoms with Crippen molar-refractivity contribution in [1.82, 2.24) is 10.6 Å². The monoisotopic (exact) mass is 302 g/mol. The second-order valence-electron chi connectivity index (χ2n) is 6.29. The number of amides is 1. The highest BCUT2D eigenvalue weighted by atomic mass is 16.6. The highest BCUT2D eigenvalue weighted by Gasteiger charge is 2.31. The Morgan fingerprint density at radius 1 is 1.43 bits per heavy atom. The van der Waals surface area contributed by atoms with Gasteiger partial charge in [0.2, 0.25) is 0 Å². The van der Waals surface area contributed by atoms with E-state index in [9.17, 15) is 14.7 Å². The van der Waals surface area contributed by atoms with Crippen molar-refractivity contribution in [2.45, 2.75) is 45.4 Å². The van der Waals surface area contributed by atoms with Gasteiger partial charge in [0.05, 0.1) is 13.0 Å². The molecule has 1 saturated heterocycles. The first-order valence-corrected chi connectivity index (χ1v) is 7.19. The second kappa shape index (κ2) is 7.61. The number of esters is 1. The van der Waals surface area contributed by atoms with Crippen LogP contribution in [0.2, 0.25) is 0 Å². The first-order valence-electron chi connectivity index (χ1n) is 7.19. The zero-order valence-electron chi connectivity index (χ0n) is 13.1. The number of aliphatic hydroxyl groups is 1. The summed E-state index contributed by atoms with van der Waals surface area (Å²) in [7, 11) is 1.31. The number of alkyl carbamates (subject to hydrolysis) is 1. The molecule has 1 fully saturated rings. The standard InChI is InChI=1S/C14H26N2O5/c1-14(2,3)21-13(19)16-8-10(12(18)20-4)7-9-5-6-15-11(9)17/h9-11,15,17H,5-8H2,1-4H3,(H,16,19)/t9-,10+,11+/m1/s1. The van der Waals surface area contributed by atoms with Crippen molar-refractivity contribution in [3.8, 4) is 0 Å². The van der Waals surface area contributed by atoms with E-state index in [1.165, 1.54) is 7.11 Å². The fourth-order valence-corrected chi connectivity index (χ4v) is 2.30. The Hall–Kier alpha value is -1.34. The van der Waals surface area contributed by atoms with E-state index in [0.29, 0.717) is 6.42 Å². The molecule has 0 aliphatic carbocycles. The third-order valence-corrected chi connectivity index (χ3v) is 3.33. The minimum Gasteiger partial charge on any atom is -0.469 e. The van der Waals surface area contributed by atoms with Crippen molar-refractivity contribution >= 4 is 12.1 Å². The number of aliphatic hydroxyl groups excluding tert-OH is 1. The number of carbonyl (C=O) groups is 2. The molecule has 0 unspecified atom stereocenters. The first-order chi connectivity index (χ1) is 9.73. The van der Waals surface area contributed by atoms with Gasteiger partial charge in [0.1, 0.15) is 11.8 Å². The molecular formula is C14H26N2O5. The SMILES string of the molecule is COC(=O)[C@H](CNC(=O)OC(C)(C)C)C[C@H]1CCN[C@H]1O. The van der Waals surface area contributed by atoms with Crippen LogP contribution < -0.4 is 10.6 Å². The summed E-state index contributed by atoms with van der Waals surface area (Å²) in [6.45, 7) is 6.16. The summed E-state index contributed by atoms with van der Waals surface area (Å²) in [6.07, 6.45) is 0.0674. The third-order valence-electron chi connectivity index (χ3n) is 3.33. The van der Waals surface area contributed by atoms with E-state index in [1.807, 2.05) is 0 Å². The molecule has 3 atom stereocenters. The van der Waals surface area contributed by atoms with Gasteiger partial charge in [0, 0.05) is 12.5 Å². The molecule has 0 aromatic rings. The van der Waals surface area contributed by atoms with E-state index in [4.69, 9.17) is 9.47 Å². The van der Waals surface area contributed by atoms with Gasteiger partial charge in [-0.05, 0) is 40.2 Å². The summed E-state index contributed by atoms with van der Waals surface area (Å²) < 4.78 is 9.89. The predicted molar refractivity (Wildman–Crippen MR) is 76.5 cm³/mol. The van der Waals surface area contributed by atoms with Crippen LogP contribution in [-0.2, 0) is 14.3 Å². The van der Waals surface area contributed by atoms with Crippen LogP contribution in [0.1, 0.15) is 33.6 Å². The van der Waals surface area contributed by atoms with E-state index in [0.717, 1.165) is 13.0 Å². The molecule has 7 nitrogen and oxygen atoms in total. The molecule has 7 heteroatoms. The quantitative estimate of drug-likeness (QED) is 0.644. The summed E-state index contributed by atoms with van der Waals surface area (Å²) in [6, 6.07) is 0. The third kappa shape index (κ3) is 6.31. The molecule has 0 bridgehead atoms. The summed E-state index contributed by atoms with van der Waals surface area (Å²) in [5.74, 6) is -0.915. The van der Waals surface area contributed by atoms with Crippen molar-refractivity contribution in [2.75, 3.05) is 20.2 Å². The smallest absolute Gasteiger partial charge is 0.407 e. The van der Waals surface area contributed by atoms with E-state index in [1.54, 1.807) is 20.8 Å². The number of hydrogen-bond donors (Lipinski definition) is 3. The molecule has 0 saturated carbocycles. The summed E-state index contributed by atoms with van der Waals surface area (Å²) in [5, 5.41) is 15.2. The van der Waals surface area contributed by atoms with Gasteiger partial charge in [0.25, 0.3) is 0 Å². The molecule has 1 aliphatic rings. The fourth-order valence-electron chi connectivity index (χ4n) is 2.30. The minimum absolute atomic E-state index is 0.0189. The van der Waals surface area contributed by atoms with Crippen LogP contribution in [0, 0.1) is 11.8 Å². The predicted octanol–water partition coefficient (Wildman–Crippen LogP) is 0.618. The van der Waals surface area contributed by atoms with Gasteiger partial charge in [-0.2, -0.15) is 0 Å². The van der Waals surface area contributed by atoms with E-state index in [-0.39, 0.29) is 12.5 Å². The highest BCUT2D eigenvalue weighted by Crippen LogP contribution is 2.23. The molecule has 0 spiro atoms.